The van der Waals surface area contributed by atoms with E-state index in [4.69, 9.17) is 15.0 Å². The second-order valence-corrected chi connectivity index (χ2v) is 15.6. The van der Waals surface area contributed by atoms with E-state index in [-0.39, 0.29) is 5.41 Å². The molecule has 0 amide bonds. The molecule has 0 unspecified atom stereocenters. The van der Waals surface area contributed by atoms with Gasteiger partial charge in [-0.3, -0.25) is 0 Å². The van der Waals surface area contributed by atoms with Crippen LogP contribution in [0.5, 0.6) is 0 Å². The Hall–Kier alpha value is -6.97. The van der Waals surface area contributed by atoms with Crippen LogP contribution in [0, 0.1) is 0 Å². The molecule has 0 saturated heterocycles. The van der Waals surface area contributed by atoms with E-state index in [0.717, 1.165) is 33.2 Å². The highest BCUT2D eigenvalue weighted by Crippen LogP contribution is 2.62. The summed E-state index contributed by atoms with van der Waals surface area (Å²) in [6, 6.07) is 68.0. The van der Waals surface area contributed by atoms with Gasteiger partial charge in [-0.1, -0.05) is 184 Å². The van der Waals surface area contributed by atoms with E-state index in [9.17, 15) is 0 Å². The Morgan fingerprint density at radius 2 is 0.786 bits per heavy atom. The summed E-state index contributed by atoms with van der Waals surface area (Å²) in [4.78, 5) is 15.2. The maximum atomic E-state index is 5.14. The monoisotopic (exact) mass is 715 g/mol. The first-order valence-corrected chi connectivity index (χ1v) is 19.4. The van der Waals surface area contributed by atoms with Crippen LogP contribution in [0.1, 0.15) is 47.2 Å². The molecule has 264 valence electrons. The highest BCUT2D eigenvalue weighted by Gasteiger charge is 2.53. The molecule has 9 aromatic rings. The predicted octanol–water partition coefficient (Wildman–Crippen LogP) is 12.7. The van der Waals surface area contributed by atoms with Gasteiger partial charge in [0, 0.05) is 22.1 Å². The third kappa shape index (κ3) is 4.74. The summed E-state index contributed by atoms with van der Waals surface area (Å²) >= 11 is 0. The number of hydrogen-bond acceptors (Lipinski definition) is 3. The molecule has 0 saturated carbocycles. The summed E-state index contributed by atoms with van der Waals surface area (Å²) in [7, 11) is 0. The summed E-state index contributed by atoms with van der Waals surface area (Å²) in [5, 5.41) is 2.34. The van der Waals surface area contributed by atoms with Crippen molar-refractivity contribution in [1.82, 2.24) is 15.0 Å². The Labute approximate surface area is 327 Å². The van der Waals surface area contributed by atoms with Gasteiger partial charge in [-0.2, -0.15) is 0 Å². The fraction of sp³-hybridized carbons (Fsp3) is 0.0755. The van der Waals surface area contributed by atoms with Crippen molar-refractivity contribution in [3.05, 3.63) is 221 Å². The second-order valence-electron chi connectivity index (χ2n) is 15.6. The minimum atomic E-state index is -0.449. The zero-order valence-corrected chi connectivity index (χ0v) is 31.2. The summed E-state index contributed by atoms with van der Waals surface area (Å²) in [5.74, 6) is 1.95. The second kappa shape index (κ2) is 12.3. The number of hydrogen-bond donors (Lipinski definition) is 0. The van der Waals surface area contributed by atoms with Gasteiger partial charge in [0.1, 0.15) is 0 Å². The van der Waals surface area contributed by atoms with Gasteiger partial charge >= 0.3 is 0 Å². The zero-order valence-electron chi connectivity index (χ0n) is 31.2. The average Bonchev–Trinajstić information content (AvgIpc) is 3.56. The van der Waals surface area contributed by atoms with Crippen LogP contribution in [0.25, 0.3) is 67.2 Å². The van der Waals surface area contributed by atoms with E-state index in [1.807, 2.05) is 18.2 Å². The van der Waals surface area contributed by atoms with E-state index < -0.39 is 5.41 Å². The molecule has 1 aromatic heterocycles. The Bertz CT molecular complexity index is 2960. The van der Waals surface area contributed by atoms with Crippen LogP contribution < -0.4 is 0 Å². The maximum Gasteiger partial charge on any atom is 0.164 e. The van der Waals surface area contributed by atoms with E-state index in [1.54, 1.807) is 0 Å². The molecule has 2 aliphatic carbocycles. The van der Waals surface area contributed by atoms with Gasteiger partial charge in [0.15, 0.2) is 17.5 Å². The topological polar surface area (TPSA) is 38.7 Å². The van der Waals surface area contributed by atoms with Gasteiger partial charge in [0.05, 0.1) is 5.41 Å². The summed E-state index contributed by atoms with van der Waals surface area (Å²) in [6.45, 7) is 4.74. The average molecular weight is 716 g/mol. The van der Waals surface area contributed by atoms with Gasteiger partial charge in [0.25, 0.3) is 0 Å². The summed E-state index contributed by atoms with van der Waals surface area (Å²) in [6.07, 6.45) is 0. The lowest BCUT2D eigenvalue weighted by atomic mass is 9.55. The quantitative estimate of drug-likeness (QED) is 0.182. The summed E-state index contributed by atoms with van der Waals surface area (Å²) < 4.78 is 0. The normalized spacial score (nSPS) is 14.2. The highest BCUT2D eigenvalue weighted by atomic mass is 15.0. The molecule has 1 spiro atoms. The summed E-state index contributed by atoms with van der Waals surface area (Å²) in [5.41, 5.74) is 15.3. The van der Waals surface area contributed by atoms with Gasteiger partial charge < -0.3 is 0 Å². The molecule has 1 heterocycles. The lowest BCUT2D eigenvalue weighted by Crippen LogP contribution is -2.40. The molecule has 3 nitrogen and oxygen atoms in total. The molecule has 0 atom stereocenters. The van der Waals surface area contributed by atoms with E-state index in [0.29, 0.717) is 17.5 Å². The fourth-order valence-electron chi connectivity index (χ4n) is 9.56. The smallest absolute Gasteiger partial charge is 0.164 e. The van der Waals surface area contributed by atoms with Crippen LogP contribution in [0.4, 0.5) is 0 Å². The van der Waals surface area contributed by atoms with Gasteiger partial charge in [-0.05, 0) is 84.6 Å². The maximum absolute atomic E-state index is 5.14. The molecule has 3 heteroatoms. The minimum Gasteiger partial charge on any atom is -0.208 e. The molecule has 56 heavy (non-hydrogen) atoms. The predicted molar refractivity (Wildman–Crippen MR) is 229 cm³/mol. The number of benzene rings is 8. The lowest BCUT2D eigenvalue weighted by Gasteiger charge is -2.46. The van der Waals surface area contributed by atoms with Crippen molar-refractivity contribution in [3.8, 4) is 56.4 Å². The van der Waals surface area contributed by atoms with E-state index in [1.165, 1.54) is 49.9 Å². The van der Waals surface area contributed by atoms with Gasteiger partial charge in [-0.25, -0.2) is 15.0 Å². The van der Waals surface area contributed by atoms with E-state index in [2.05, 4.69) is 184 Å². The number of rotatable bonds is 4. The Kier molecular flexibility index (Phi) is 7.11. The van der Waals surface area contributed by atoms with Crippen LogP contribution in [-0.4, -0.2) is 15.0 Å². The zero-order chi connectivity index (χ0) is 37.4. The van der Waals surface area contributed by atoms with Crippen molar-refractivity contribution < 1.29 is 0 Å². The molecule has 2 aliphatic rings. The Morgan fingerprint density at radius 3 is 1.50 bits per heavy atom. The molecule has 0 radical (unpaired) electrons. The highest BCUT2D eigenvalue weighted by molar-refractivity contribution is 5.91. The number of nitrogens with zero attached hydrogens (tertiary/aromatic N) is 3. The SMILES string of the molecule is CC1(C)c2ccccc2C2(c3ccccc3-c3ccc(-c4cccc(-c5nc(-c6ccccc6)nc(-c6ccc7ccccc7c6)n5)c4)cc32)c2ccccc21. The Morgan fingerprint density at radius 1 is 0.304 bits per heavy atom. The third-order valence-corrected chi connectivity index (χ3v) is 12.2. The molecular formula is C53H37N3. The molecule has 0 N–H and O–H groups in total. The van der Waals surface area contributed by atoms with Crippen molar-refractivity contribution in [3.63, 3.8) is 0 Å². The van der Waals surface area contributed by atoms with Crippen LogP contribution in [0.2, 0.25) is 0 Å². The molecule has 0 fully saturated rings. The van der Waals surface area contributed by atoms with Crippen LogP contribution in [0.3, 0.4) is 0 Å². The first-order chi connectivity index (χ1) is 27.5. The van der Waals surface area contributed by atoms with Crippen molar-refractivity contribution in [2.75, 3.05) is 0 Å². The first kappa shape index (κ1) is 32.5. The van der Waals surface area contributed by atoms with Crippen molar-refractivity contribution in [1.29, 1.82) is 0 Å². The van der Waals surface area contributed by atoms with Gasteiger partial charge in [-0.15, -0.1) is 0 Å². The first-order valence-electron chi connectivity index (χ1n) is 19.4. The standard InChI is InChI=1S/C53H37N3/c1-52(2)44-23-10-12-25-46(44)53(47-26-13-11-24-45(47)52)43-22-9-8-21-41(43)42-30-29-38(33-48(42)53)37-19-14-20-39(32-37)50-54-49(35-16-4-3-5-17-35)55-51(56-50)40-28-27-34-15-6-7-18-36(34)31-40/h3-33H,1-2H3. The molecule has 8 aromatic carbocycles. The van der Waals surface area contributed by atoms with Gasteiger partial charge in [0.2, 0.25) is 0 Å². The van der Waals surface area contributed by atoms with Crippen molar-refractivity contribution >= 4 is 10.8 Å². The third-order valence-electron chi connectivity index (χ3n) is 12.2. The minimum absolute atomic E-state index is 0.142. The number of aromatic nitrogens is 3. The number of fused-ring (bicyclic) bond motifs is 10. The Balaban J connectivity index is 1.10. The lowest BCUT2D eigenvalue weighted by molar-refractivity contribution is 0.563. The van der Waals surface area contributed by atoms with Crippen molar-refractivity contribution in [2.45, 2.75) is 24.7 Å². The molecular weight excluding hydrogens is 679 g/mol. The molecule has 0 bridgehead atoms. The van der Waals surface area contributed by atoms with Crippen LogP contribution in [0.15, 0.2) is 188 Å². The largest absolute Gasteiger partial charge is 0.208 e. The van der Waals surface area contributed by atoms with Crippen molar-refractivity contribution in [2.24, 2.45) is 0 Å². The fourth-order valence-corrected chi connectivity index (χ4v) is 9.56. The van der Waals surface area contributed by atoms with Crippen LogP contribution in [-0.2, 0) is 10.8 Å². The van der Waals surface area contributed by atoms with Crippen LogP contribution >= 0.6 is 0 Å². The molecule has 11 rings (SSSR count). The molecule has 0 aliphatic heterocycles. The van der Waals surface area contributed by atoms with E-state index >= 15 is 0 Å².